The molecular formula is C7H13NO2. The molecular weight excluding hydrogens is 130 g/mol. The van der Waals surface area contributed by atoms with Gasteiger partial charge in [-0.2, -0.15) is 0 Å². The van der Waals surface area contributed by atoms with Crippen molar-refractivity contribution in [2.45, 2.75) is 20.8 Å². The molecule has 10 heavy (non-hydrogen) atoms. The summed E-state index contributed by atoms with van der Waals surface area (Å²) in [6, 6.07) is 0. The summed E-state index contributed by atoms with van der Waals surface area (Å²) in [6.45, 7) is 5.60. The maximum Gasteiger partial charge on any atom is 0.283 e. The van der Waals surface area contributed by atoms with Gasteiger partial charge in [-0.25, -0.2) is 0 Å². The Morgan fingerprint density at radius 2 is 1.90 bits per heavy atom. The number of hydrogen-bond acceptors (Lipinski definition) is 2. The van der Waals surface area contributed by atoms with E-state index < -0.39 is 5.91 Å². The monoisotopic (exact) mass is 143 g/mol. The molecule has 0 bridgehead atoms. The Kier molecular flexibility index (Phi) is 2.46. The van der Waals surface area contributed by atoms with E-state index in [-0.39, 0.29) is 11.2 Å². The Morgan fingerprint density at radius 3 is 2.00 bits per heavy atom. The fourth-order valence-electron chi connectivity index (χ4n) is 0.481. The second-order valence-corrected chi connectivity index (χ2v) is 3.26. The maximum atomic E-state index is 10.3. The molecule has 0 aromatic carbocycles. The zero-order valence-corrected chi connectivity index (χ0v) is 6.51. The van der Waals surface area contributed by atoms with Crippen molar-refractivity contribution in [1.82, 2.24) is 0 Å². The molecule has 0 radical (unpaired) electrons. The summed E-state index contributed by atoms with van der Waals surface area (Å²) in [5.41, 5.74) is 4.58. The van der Waals surface area contributed by atoms with Crippen molar-refractivity contribution in [1.29, 1.82) is 0 Å². The van der Waals surface area contributed by atoms with Crippen molar-refractivity contribution in [3.8, 4) is 0 Å². The van der Waals surface area contributed by atoms with Crippen LogP contribution in [0.5, 0.6) is 0 Å². The van der Waals surface area contributed by atoms with Crippen LogP contribution in [0, 0.1) is 5.41 Å². The Balaban J connectivity index is 4.32. The number of carbonyl (C=O) groups excluding carboxylic acids is 1. The van der Waals surface area contributed by atoms with Gasteiger partial charge >= 0.3 is 0 Å². The average molecular weight is 143 g/mol. The van der Waals surface area contributed by atoms with Gasteiger partial charge in [0.25, 0.3) is 5.91 Å². The van der Waals surface area contributed by atoms with Crippen molar-refractivity contribution in [2.75, 3.05) is 0 Å². The second-order valence-electron chi connectivity index (χ2n) is 3.26. The van der Waals surface area contributed by atoms with Crippen LogP contribution in [0.15, 0.2) is 11.8 Å². The number of amides is 1. The number of aliphatic hydroxyl groups is 1. The van der Waals surface area contributed by atoms with Crippen LogP contribution in [0.1, 0.15) is 20.8 Å². The molecule has 3 nitrogen and oxygen atoms in total. The fraction of sp³-hybridized carbons (Fsp3) is 0.571. The number of nitrogens with two attached hydrogens (primary N) is 1. The van der Waals surface area contributed by atoms with E-state index in [2.05, 4.69) is 0 Å². The van der Waals surface area contributed by atoms with Crippen molar-refractivity contribution in [3.05, 3.63) is 11.8 Å². The second kappa shape index (κ2) is 2.73. The third-order valence-electron chi connectivity index (χ3n) is 0.822. The lowest BCUT2D eigenvalue weighted by atomic mass is 9.96. The molecule has 3 N–H and O–H groups in total. The normalized spacial score (nSPS) is 13.3. The number of aliphatic hydroxyl groups excluding tert-OH is 1. The minimum Gasteiger partial charge on any atom is -0.503 e. The third kappa shape index (κ3) is 3.95. The SMILES string of the molecule is CC(C)(C)C=C(O)C(N)=O. The largest absolute Gasteiger partial charge is 0.503 e. The predicted octanol–water partition coefficient (Wildman–Crippen LogP) is 0.960. The van der Waals surface area contributed by atoms with Crippen LogP contribution in [-0.2, 0) is 4.79 Å². The molecule has 0 aliphatic rings. The molecule has 0 aromatic heterocycles. The first-order valence-corrected chi connectivity index (χ1v) is 3.04. The first-order chi connectivity index (χ1) is 4.33. The molecule has 0 saturated carbocycles. The van der Waals surface area contributed by atoms with Gasteiger partial charge in [-0.15, -0.1) is 0 Å². The topological polar surface area (TPSA) is 63.3 Å². The van der Waals surface area contributed by atoms with Crippen LogP contribution < -0.4 is 5.73 Å². The van der Waals surface area contributed by atoms with E-state index in [0.717, 1.165) is 0 Å². The van der Waals surface area contributed by atoms with Gasteiger partial charge in [-0.3, -0.25) is 4.79 Å². The Bertz CT molecular complexity index is 165. The molecule has 0 unspecified atom stereocenters. The molecule has 0 fully saturated rings. The van der Waals surface area contributed by atoms with Crippen LogP contribution in [0.4, 0.5) is 0 Å². The van der Waals surface area contributed by atoms with Gasteiger partial charge in [0.2, 0.25) is 0 Å². The van der Waals surface area contributed by atoms with Crippen LogP contribution >= 0.6 is 0 Å². The summed E-state index contributed by atoms with van der Waals surface area (Å²) >= 11 is 0. The molecule has 58 valence electrons. The van der Waals surface area contributed by atoms with E-state index in [0.29, 0.717) is 0 Å². The maximum absolute atomic E-state index is 10.3. The van der Waals surface area contributed by atoms with Gasteiger partial charge in [0.1, 0.15) is 0 Å². The quantitative estimate of drug-likeness (QED) is 0.424. The van der Waals surface area contributed by atoms with Crippen LogP contribution in [0.3, 0.4) is 0 Å². The highest BCUT2D eigenvalue weighted by Crippen LogP contribution is 2.15. The molecule has 0 rings (SSSR count). The van der Waals surface area contributed by atoms with Gasteiger partial charge in [-0.05, 0) is 11.5 Å². The van der Waals surface area contributed by atoms with Crippen LogP contribution in [0.25, 0.3) is 0 Å². The van der Waals surface area contributed by atoms with Gasteiger partial charge in [0, 0.05) is 0 Å². The summed E-state index contributed by atoms with van der Waals surface area (Å²) in [5, 5.41) is 8.85. The first kappa shape index (κ1) is 9.01. The van der Waals surface area contributed by atoms with E-state index in [9.17, 15) is 4.79 Å². The summed E-state index contributed by atoms with van der Waals surface area (Å²) in [6.07, 6.45) is 1.43. The number of primary amides is 1. The molecule has 0 saturated heterocycles. The van der Waals surface area contributed by atoms with Gasteiger partial charge in [0.05, 0.1) is 0 Å². The number of hydrogen-bond donors (Lipinski definition) is 2. The van der Waals surface area contributed by atoms with E-state index in [1.807, 2.05) is 20.8 Å². The summed E-state index contributed by atoms with van der Waals surface area (Å²) in [5.74, 6) is -1.15. The number of allylic oxidation sites excluding steroid dienone is 1. The standard InChI is InChI=1S/C7H13NO2/c1-7(2,3)4-5(9)6(8)10/h4,9H,1-3H3,(H2,8,10). The van der Waals surface area contributed by atoms with E-state index in [4.69, 9.17) is 10.8 Å². The molecule has 0 spiro atoms. The predicted molar refractivity (Wildman–Crippen MR) is 39.4 cm³/mol. The lowest BCUT2D eigenvalue weighted by molar-refractivity contribution is -0.117. The molecule has 1 amide bonds. The molecule has 0 atom stereocenters. The zero-order chi connectivity index (χ0) is 8.36. The molecule has 0 heterocycles. The Labute approximate surface area is 60.5 Å². The molecule has 0 aliphatic heterocycles. The number of carbonyl (C=O) groups is 1. The first-order valence-electron chi connectivity index (χ1n) is 3.04. The fourth-order valence-corrected chi connectivity index (χ4v) is 0.481. The third-order valence-corrected chi connectivity index (χ3v) is 0.822. The Morgan fingerprint density at radius 1 is 1.50 bits per heavy atom. The average Bonchev–Trinajstić information content (AvgIpc) is 1.60. The van der Waals surface area contributed by atoms with Gasteiger partial charge in [-0.1, -0.05) is 20.8 Å². The summed E-state index contributed by atoms with van der Waals surface area (Å²) in [4.78, 5) is 10.3. The van der Waals surface area contributed by atoms with Gasteiger partial charge in [0.15, 0.2) is 5.76 Å². The zero-order valence-electron chi connectivity index (χ0n) is 6.51. The smallest absolute Gasteiger partial charge is 0.283 e. The minimum absolute atomic E-state index is 0.209. The number of rotatable bonds is 1. The molecule has 0 aliphatic carbocycles. The van der Waals surface area contributed by atoms with Gasteiger partial charge < -0.3 is 10.8 Å². The van der Waals surface area contributed by atoms with Crippen molar-refractivity contribution in [2.24, 2.45) is 11.1 Å². The Hall–Kier alpha value is -0.990. The van der Waals surface area contributed by atoms with Crippen LogP contribution in [0.2, 0.25) is 0 Å². The van der Waals surface area contributed by atoms with Crippen molar-refractivity contribution < 1.29 is 9.90 Å². The summed E-state index contributed by atoms with van der Waals surface area (Å²) < 4.78 is 0. The lowest BCUT2D eigenvalue weighted by Crippen LogP contribution is -2.16. The van der Waals surface area contributed by atoms with Crippen LogP contribution in [-0.4, -0.2) is 11.0 Å². The van der Waals surface area contributed by atoms with Crippen molar-refractivity contribution in [3.63, 3.8) is 0 Å². The highest BCUT2D eigenvalue weighted by Gasteiger charge is 2.10. The lowest BCUT2D eigenvalue weighted by Gasteiger charge is -2.11. The summed E-state index contributed by atoms with van der Waals surface area (Å²) in [7, 11) is 0. The van der Waals surface area contributed by atoms with E-state index in [1.165, 1.54) is 6.08 Å². The van der Waals surface area contributed by atoms with E-state index >= 15 is 0 Å². The molecule has 3 heteroatoms. The van der Waals surface area contributed by atoms with E-state index in [1.54, 1.807) is 0 Å². The van der Waals surface area contributed by atoms with Crippen molar-refractivity contribution >= 4 is 5.91 Å². The molecule has 0 aromatic rings. The minimum atomic E-state index is -0.782. The highest BCUT2D eigenvalue weighted by atomic mass is 16.3. The highest BCUT2D eigenvalue weighted by molar-refractivity contribution is 5.89.